The standard InChI is InChI=1S/C26H21N3O5/c1-3-20(24(30)28-22-14-15(2)34-29-22)33-26(31)18-11-7-9-16-8-6-10-17(23(16)18)25-27-19-12-4-5-13-21(19)32-25/h4-14,20H,3H2,1-2H3,(H,28,29,30). The van der Waals surface area contributed by atoms with Gasteiger partial charge in [0.25, 0.3) is 5.91 Å². The lowest BCUT2D eigenvalue weighted by molar-refractivity contribution is -0.124. The molecule has 1 unspecified atom stereocenters. The molecule has 170 valence electrons. The molecule has 1 amide bonds. The molecule has 3 aromatic carbocycles. The number of nitrogens with zero attached hydrogens (tertiary/aromatic N) is 2. The Bertz CT molecular complexity index is 1480. The Morgan fingerprint density at radius 2 is 1.85 bits per heavy atom. The van der Waals surface area contributed by atoms with Crippen LogP contribution in [0.4, 0.5) is 5.82 Å². The molecular weight excluding hydrogens is 434 g/mol. The first kappa shape index (κ1) is 21.4. The second-order valence-electron chi connectivity index (χ2n) is 7.81. The quantitative estimate of drug-likeness (QED) is 0.336. The van der Waals surface area contributed by atoms with Gasteiger partial charge in [-0.3, -0.25) is 4.79 Å². The molecule has 1 atom stereocenters. The number of amides is 1. The molecule has 0 aliphatic carbocycles. The van der Waals surface area contributed by atoms with E-state index >= 15 is 0 Å². The van der Waals surface area contributed by atoms with E-state index in [2.05, 4.69) is 15.5 Å². The van der Waals surface area contributed by atoms with Crippen molar-refractivity contribution in [1.82, 2.24) is 10.1 Å². The van der Waals surface area contributed by atoms with Crippen molar-refractivity contribution in [3.63, 3.8) is 0 Å². The molecule has 0 aliphatic heterocycles. The Labute approximate surface area is 194 Å². The van der Waals surface area contributed by atoms with Gasteiger partial charge in [-0.05, 0) is 43.0 Å². The Kier molecular flexibility index (Phi) is 5.55. The summed E-state index contributed by atoms with van der Waals surface area (Å²) in [5.74, 6) is 0.123. The fraction of sp³-hybridized carbons (Fsp3) is 0.154. The maximum absolute atomic E-state index is 13.3. The van der Waals surface area contributed by atoms with Gasteiger partial charge < -0.3 is 19.0 Å². The predicted octanol–water partition coefficient (Wildman–Crippen LogP) is 5.52. The molecule has 2 aromatic heterocycles. The van der Waals surface area contributed by atoms with Crippen LogP contribution < -0.4 is 5.32 Å². The summed E-state index contributed by atoms with van der Waals surface area (Å²) in [5, 5.41) is 7.83. The van der Waals surface area contributed by atoms with E-state index in [9.17, 15) is 9.59 Å². The summed E-state index contributed by atoms with van der Waals surface area (Å²) < 4.78 is 16.6. The van der Waals surface area contributed by atoms with Gasteiger partial charge in [-0.2, -0.15) is 0 Å². The molecule has 8 nitrogen and oxygen atoms in total. The number of aryl methyl sites for hydroxylation is 1. The Hall–Kier alpha value is -4.46. The van der Waals surface area contributed by atoms with Crippen molar-refractivity contribution < 1.29 is 23.3 Å². The predicted molar refractivity (Wildman–Crippen MR) is 126 cm³/mol. The van der Waals surface area contributed by atoms with Crippen molar-refractivity contribution in [2.45, 2.75) is 26.4 Å². The molecule has 0 bridgehead atoms. The molecule has 5 aromatic rings. The molecule has 2 heterocycles. The van der Waals surface area contributed by atoms with Gasteiger partial charge in [0.2, 0.25) is 5.89 Å². The number of carbonyl (C=O) groups is 2. The van der Waals surface area contributed by atoms with Gasteiger partial charge >= 0.3 is 5.97 Å². The van der Waals surface area contributed by atoms with Gasteiger partial charge in [0.15, 0.2) is 17.5 Å². The molecule has 0 radical (unpaired) electrons. The summed E-state index contributed by atoms with van der Waals surface area (Å²) in [6.45, 7) is 3.48. The number of nitrogens with one attached hydrogen (secondary N) is 1. The Morgan fingerprint density at radius 3 is 2.59 bits per heavy atom. The summed E-state index contributed by atoms with van der Waals surface area (Å²) in [7, 11) is 0. The van der Waals surface area contributed by atoms with Crippen molar-refractivity contribution in [2.75, 3.05) is 5.32 Å². The van der Waals surface area contributed by atoms with Crippen molar-refractivity contribution in [2.24, 2.45) is 0 Å². The largest absolute Gasteiger partial charge is 0.449 e. The minimum atomic E-state index is -1.00. The average molecular weight is 455 g/mol. The lowest BCUT2D eigenvalue weighted by atomic mass is 9.99. The van der Waals surface area contributed by atoms with Crippen molar-refractivity contribution in [3.05, 3.63) is 78.1 Å². The van der Waals surface area contributed by atoms with Gasteiger partial charge in [-0.15, -0.1) is 0 Å². The number of esters is 1. The van der Waals surface area contributed by atoms with E-state index in [0.717, 1.165) is 10.9 Å². The molecule has 0 spiro atoms. The summed E-state index contributed by atoms with van der Waals surface area (Å²) in [6, 6.07) is 20.0. The second-order valence-corrected chi connectivity index (χ2v) is 7.81. The molecule has 5 rings (SSSR count). The monoisotopic (exact) mass is 455 g/mol. The highest BCUT2D eigenvalue weighted by Gasteiger charge is 2.25. The fourth-order valence-corrected chi connectivity index (χ4v) is 3.82. The smallest absolute Gasteiger partial charge is 0.339 e. The number of hydrogen-bond donors (Lipinski definition) is 1. The van der Waals surface area contributed by atoms with Crippen LogP contribution in [0.3, 0.4) is 0 Å². The number of fused-ring (bicyclic) bond motifs is 2. The second kappa shape index (κ2) is 8.82. The van der Waals surface area contributed by atoms with Gasteiger partial charge in [0, 0.05) is 17.0 Å². The van der Waals surface area contributed by atoms with E-state index in [1.54, 1.807) is 32.0 Å². The first-order chi connectivity index (χ1) is 16.5. The third-order valence-corrected chi connectivity index (χ3v) is 5.44. The minimum absolute atomic E-state index is 0.264. The number of hydrogen-bond acceptors (Lipinski definition) is 7. The number of benzene rings is 3. The fourth-order valence-electron chi connectivity index (χ4n) is 3.82. The molecule has 1 N–H and O–H groups in total. The van der Waals surface area contributed by atoms with Gasteiger partial charge in [0.05, 0.1) is 5.56 Å². The van der Waals surface area contributed by atoms with E-state index in [-0.39, 0.29) is 12.2 Å². The minimum Gasteiger partial charge on any atom is -0.449 e. The van der Waals surface area contributed by atoms with Crippen LogP contribution in [-0.4, -0.2) is 28.1 Å². The molecule has 0 fully saturated rings. The topological polar surface area (TPSA) is 107 Å². The van der Waals surface area contributed by atoms with Gasteiger partial charge in [0.1, 0.15) is 11.3 Å². The van der Waals surface area contributed by atoms with Crippen LogP contribution in [0.1, 0.15) is 29.5 Å². The summed E-state index contributed by atoms with van der Waals surface area (Å²) in [5.41, 5.74) is 2.36. The van der Waals surface area contributed by atoms with E-state index in [4.69, 9.17) is 13.7 Å². The van der Waals surface area contributed by atoms with Crippen LogP contribution in [0, 0.1) is 6.92 Å². The first-order valence-electron chi connectivity index (χ1n) is 10.9. The third kappa shape index (κ3) is 4.01. The number of para-hydroxylation sites is 2. The number of aromatic nitrogens is 2. The highest BCUT2D eigenvalue weighted by atomic mass is 16.5. The van der Waals surface area contributed by atoms with Crippen LogP contribution in [0.25, 0.3) is 33.3 Å². The summed E-state index contributed by atoms with van der Waals surface area (Å²) >= 11 is 0. The number of carbonyl (C=O) groups excluding carboxylic acids is 2. The maximum Gasteiger partial charge on any atom is 0.339 e. The lowest BCUT2D eigenvalue weighted by Crippen LogP contribution is -2.32. The van der Waals surface area contributed by atoms with Crippen LogP contribution in [-0.2, 0) is 9.53 Å². The number of anilines is 1. The van der Waals surface area contributed by atoms with E-state index < -0.39 is 18.0 Å². The van der Waals surface area contributed by atoms with Gasteiger partial charge in [-0.1, -0.05) is 48.5 Å². The maximum atomic E-state index is 13.3. The van der Waals surface area contributed by atoms with Crippen LogP contribution >= 0.6 is 0 Å². The molecular formula is C26H21N3O5. The zero-order valence-corrected chi connectivity index (χ0v) is 18.6. The first-order valence-corrected chi connectivity index (χ1v) is 10.9. The number of oxazole rings is 1. The van der Waals surface area contributed by atoms with Crippen molar-refractivity contribution in [1.29, 1.82) is 0 Å². The molecule has 8 heteroatoms. The molecule has 34 heavy (non-hydrogen) atoms. The molecule has 0 aliphatic rings. The van der Waals surface area contributed by atoms with E-state index in [1.807, 2.05) is 48.5 Å². The number of rotatable bonds is 6. The van der Waals surface area contributed by atoms with Crippen LogP contribution in [0.15, 0.2) is 75.7 Å². The van der Waals surface area contributed by atoms with Gasteiger partial charge in [-0.25, -0.2) is 9.78 Å². The summed E-state index contributed by atoms with van der Waals surface area (Å²) in [4.78, 5) is 30.5. The SMILES string of the molecule is CCC(OC(=O)c1cccc2cccc(-c3nc4ccccc4o3)c12)C(=O)Nc1cc(C)on1. The van der Waals surface area contributed by atoms with E-state index in [0.29, 0.717) is 33.7 Å². The third-order valence-electron chi connectivity index (χ3n) is 5.44. The lowest BCUT2D eigenvalue weighted by Gasteiger charge is -2.16. The highest BCUT2D eigenvalue weighted by molar-refractivity contribution is 6.10. The van der Waals surface area contributed by atoms with Crippen molar-refractivity contribution >= 4 is 39.6 Å². The Morgan fingerprint density at radius 1 is 1.06 bits per heavy atom. The van der Waals surface area contributed by atoms with E-state index in [1.165, 1.54) is 0 Å². The highest BCUT2D eigenvalue weighted by Crippen LogP contribution is 2.33. The van der Waals surface area contributed by atoms with Crippen LogP contribution in [0.2, 0.25) is 0 Å². The Balaban J connectivity index is 1.49. The van der Waals surface area contributed by atoms with Crippen molar-refractivity contribution in [3.8, 4) is 11.5 Å². The zero-order chi connectivity index (χ0) is 23.7. The molecule has 0 saturated heterocycles. The summed E-state index contributed by atoms with van der Waals surface area (Å²) in [6.07, 6.45) is -0.715. The normalized spacial score (nSPS) is 12.1. The molecule has 0 saturated carbocycles. The van der Waals surface area contributed by atoms with Crippen LogP contribution in [0.5, 0.6) is 0 Å². The zero-order valence-electron chi connectivity index (χ0n) is 18.6. The average Bonchev–Trinajstić information content (AvgIpc) is 3.47. The number of ether oxygens (including phenoxy) is 1.